The van der Waals surface area contributed by atoms with E-state index in [2.05, 4.69) is 254 Å². The number of benzene rings is 10. The van der Waals surface area contributed by atoms with Gasteiger partial charge in [-0.2, -0.15) is 0 Å². The molecular weight excluding hydrogens is 763 g/mol. The van der Waals surface area contributed by atoms with E-state index in [4.69, 9.17) is 4.42 Å². The van der Waals surface area contributed by atoms with Gasteiger partial charge in [-0.1, -0.05) is 212 Å². The number of nitrogens with zero attached hydrogens (tertiary/aromatic N) is 1. The van der Waals surface area contributed by atoms with Crippen molar-refractivity contribution in [3.05, 3.63) is 271 Å². The number of rotatable bonds is 8. The normalized spacial score (nSPS) is 12.6. The van der Waals surface area contributed by atoms with Crippen LogP contribution in [0.25, 0.3) is 66.4 Å². The Morgan fingerprint density at radius 1 is 0.270 bits per heavy atom. The molecular formula is C61H41NO. The quantitative estimate of drug-likeness (QED) is 0.152. The molecule has 2 nitrogen and oxygen atoms in total. The van der Waals surface area contributed by atoms with Crippen LogP contribution in [0.3, 0.4) is 0 Å². The lowest BCUT2D eigenvalue weighted by atomic mass is 9.68. The fourth-order valence-electron chi connectivity index (χ4n) is 10.1. The van der Waals surface area contributed by atoms with Crippen molar-refractivity contribution >= 4 is 39.0 Å². The van der Waals surface area contributed by atoms with Gasteiger partial charge in [-0.25, -0.2) is 0 Å². The summed E-state index contributed by atoms with van der Waals surface area (Å²) in [7, 11) is 0. The molecule has 0 saturated heterocycles. The van der Waals surface area contributed by atoms with E-state index >= 15 is 0 Å². The first-order chi connectivity index (χ1) is 31.3. The van der Waals surface area contributed by atoms with Crippen LogP contribution in [0.1, 0.15) is 22.3 Å². The zero-order chi connectivity index (χ0) is 41.7. The average Bonchev–Trinajstić information content (AvgIpc) is 3.90. The molecule has 0 spiro atoms. The molecule has 2 heteroatoms. The van der Waals surface area contributed by atoms with Gasteiger partial charge in [-0.3, -0.25) is 0 Å². The maximum atomic E-state index is 6.81. The first-order valence-electron chi connectivity index (χ1n) is 21.7. The zero-order valence-electron chi connectivity index (χ0n) is 34.5. The molecule has 12 rings (SSSR count). The standard InChI is InChI=1S/C61H41NO/c1-4-16-42(17-5-1)43-30-36-48(37-31-43)62(49-38-32-45(33-39-49)52-25-15-27-56-55-26-14-24-51(59(55)63-60(52)56)44-18-6-2-7-19-44)50-40-34-47(35-41-50)61(46-20-8-3-9-21-46)57-28-12-10-22-53(57)54-23-11-13-29-58(54)61/h1-41H. The van der Waals surface area contributed by atoms with Crippen molar-refractivity contribution in [2.24, 2.45) is 0 Å². The Balaban J connectivity index is 0.978. The molecule has 1 aliphatic carbocycles. The van der Waals surface area contributed by atoms with Gasteiger partial charge in [-0.05, 0) is 92.0 Å². The van der Waals surface area contributed by atoms with Gasteiger partial charge < -0.3 is 9.32 Å². The fraction of sp³-hybridized carbons (Fsp3) is 0.0164. The van der Waals surface area contributed by atoms with Crippen molar-refractivity contribution < 1.29 is 4.42 Å². The molecule has 10 aromatic carbocycles. The third-order valence-corrected chi connectivity index (χ3v) is 13.0. The van der Waals surface area contributed by atoms with E-state index in [1.807, 2.05) is 0 Å². The lowest BCUT2D eigenvalue weighted by Gasteiger charge is -2.34. The van der Waals surface area contributed by atoms with Crippen LogP contribution in [0.5, 0.6) is 0 Å². The summed E-state index contributed by atoms with van der Waals surface area (Å²) in [5.74, 6) is 0. The molecule has 63 heavy (non-hydrogen) atoms. The number of hydrogen-bond acceptors (Lipinski definition) is 2. The van der Waals surface area contributed by atoms with Gasteiger partial charge in [0, 0.05) is 39.0 Å². The van der Waals surface area contributed by atoms with E-state index in [1.54, 1.807) is 0 Å². The molecule has 11 aromatic rings. The van der Waals surface area contributed by atoms with Crippen LogP contribution in [-0.4, -0.2) is 0 Å². The number of anilines is 3. The third-order valence-electron chi connectivity index (χ3n) is 13.0. The average molecular weight is 804 g/mol. The summed E-state index contributed by atoms with van der Waals surface area (Å²) in [6, 6.07) is 89.9. The van der Waals surface area contributed by atoms with Gasteiger partial charge in [0.15, 0.2) is 0 Å². The summed E-state index contributed by atoms with van der Waals surface area (Å²) >= 11 is 0. The van der Waals surface area contributed by atoms with Crippen molar-refractivity contribution in [2.75, 3.05) is 4.90 Å². The van der Waals surface area contributed by atoms with Gasteiger partial charge in [0.1, 0.15) is 11.2 Å². The van der Waals surface area contributed by atoms with Crippen LogP contribution in [0, 0.1) is 0 Å². The highest BCUT2D eigenvalue weighted by molar-refractivity contribution is 6.13. The molecule has 296 valence electrons. The Labute approximate surface area is 367 Å². The Bertz CT molecular complexity index is 3360. The number of furan rings is 1. The van der Waals surface area contributed by atoms with E-state index in [1.165, 1.54) is 44.5 Å². The first kappa shape index (κ1) is 36.6. The smallest absolute Gasteiger partial charge is 0.143 e. The van der Waals surface area contributed by atoms with Gasteiger partial charge in [-0.15, -0.1) is 0 Å². The van der Waals surface area contributed by atoms with Crippen LogP contribution in [0.4, 0.5) is 17.1 Å². The summed E-state index contributed by atoms with van der Waals surface area (Å²) in [5.41, 5.74) is 19.1. The molecule has 0 N–H and O–H groups in total. The molecule has 0 radical (unpaired) electrons. The van der Waals surface area contributed by atoms with Crippen LogP contribution in [0.15, 0.2) is 253 Å². The van der Waals surface area contributed by atoms with Crippen molar-refractivity contribution in [1.82, 2.24) is 0 Å². The topological polar surface area (TPSA) is 16.4 Å². The Morgan fingerprint density at radius 2 is 0.635 bits per heavy atom. The molecule has 0 aliphatic heterocycles. The lowest BCUT2D eigenvalue weighted by molar-refractivity contribution is 0.671. The highest BCUT2D eigenvalue weighted by Gasteiger charge is 2.45. The highest BCUT2D eigenvalue weighted by atomic mass is 16.3. The molecule has 1 aliphatic rings. The van der Waals surface area contributed by atoms with E-state index in [-0.39, 0.29) is 0 Å². The number of fused-ring (bicyclic) bond motifs is 6. The molecule has 0 fully saturated rings. The predicted molar refractivity (Wildman–Crippen MR) is 262 cm³/mol. The molecule has 0 unspecified atom stereocenters. The van der Waals surface area contributed by atoms with Gasteiger partial charge in [0.2, 0.25) is 0 Å². The monoisotopic (exact) mass is 803 g/mol. The summed E-state index contributed by atoms with van der Waals surface area (Å²) in [5, 5.41) is 2.24. The highest BCUT2D eigenvalue weighted by Crippen LogP contribution is 2.56. The Hall–Kier alpha value is -8.20. The van der Waals surface area contributed by atoms with E-state index in [0.29, 0.717) is 0 Å². The van der Waals surface area contributed by atoms with E-state index in [0.717, 1.165) is 61.3 Å². The predicted octanol–water partition coefficient (Wildman–Crippen LogP) is 16.4. The summed E-state index contributed by atoms with van der Waals surface area (Å²) in [4.78, 5) is 2.36. The van der Waals surface area contributed by atoms with Crippen LogP contribution < -0.4 is 4.90 Å². The Kier molecular flexibility index (Phi) is 8.76. The second-order valence-electron chi connectivity index (χ2n) is 16.4. The molecule has 0 amide bonds. The second kappa shape index (κ2) is 15.1. The molecule has 0 saturated carbocycles. The second-order valence-corrected chi connectivity index (χ2v) is 16.4. The lowest BCUT2D eigenvalue weighted by Crippen LogP contribution is -2.28. The molecule has 1 heterocycles. The molecule has 0 atom stereocenters. The minimum Gasteiger partial charge on any atom is -0.455 e. The third kappa shape index (κ3) is 5.95. The van der Waals surface area contributed by atoms with E-state index in [9.17, 15) is 0 Å². The fourth-order valence-corrected chi connectivity index (χ4v) is 10.1. The SMILES string of the molecule is c1ccc(-c2ccc(N(c3ccc(-c4cccc5c4oc4c(-c6ccccc6)cccc45)cc3)c3ccc(C4(c5ccccc5)c5ccccc5-c5ccccc54)cc3)cc2)cc1. The van der Waals surface area contributed by atoms with Crippen LogP contribution in [0.2, 0.25) is 0 Å². The van der Waals surface area contributed by atoms with Crippen molar-refractivity contribution in [3.8, 4) is 44.5 Å². The maximum Gasteiger partial charge on any atom is 0.143 e. The molecule has 0 bridgehead atoms. The summed E-state index contributed by atoms with van der Waals surface area (Å²) in [6.07, 6.45) is 0. The number of hydrogen-bond donors (Lipinski definition) is 0. The largest absolute Gasteiger partial charge is 0.455 e. The summed E-state index contributed by atoms with van der Waals surface area (Å²) in [6.45, 7) is 0. The maximum absolute atomic E-state index is 6.81. The van der Waals surface area contributed by atoms with E-state index < -0.39 is 5.41 Å². The minimum atomic E-state index is -0.462. The van der Waals surface area contributed by atoms with Crippen molar-refractivity contribution in [2.45, 2.75) is 5.41 Å². The zero-order valence-corrected chi connectivity index (χ0v) is 34.5. The summed E-state index contributed by atoms with van der Waals surface area (Å²) < 4.78 is 6.81. The first-order valence-corrected chi connectivity index (χ1v) is 21.7. The Morgan fingerprint density at radius 3 is 1.16 bits per heavy atom. The van der Waals surface area contributed by atoms with Crippen LogP contribution >= 0.6 is 0 Å². The minimum absolute atomic E-state index is 0.462. The van der Waals surface area contributed by atoms with Crippen molar-refractivity contribution in [3.63, 3.8) is 0 Å². The number of para-hydroxylation sites is 2. The van der Waals surface area contributed by atoms with Gasteiger partial charge >= 0.3 is 0 Å². The van der Waals surface area contributed by atoms with Crippen molar-refractivity contribution in [1.29, 1.82) is 0 Å². The molecule has 1 aromatic heterocycles. The van der Waals surface area contributed by atoms with Gasteiger partial charge in [0.05, 0.1) is 5.41 Å². The van der Waals surface area contributed by atoms with Gasteiger partial charge in [0.25, 0.3) is 0 Å². The van der Waals surface area contributed by atoms with Crippen LogP contribution in [-0.2, 0) is 5.41 Å².